The van der Waals surface area contributed by atoms with E-state index in [1.807, 2.05) is 0 Å². The van der Waals surface area contributed by atoms with Gasteiger partial charge in [-0.1, -0.05) is 84.0 Å². The summed E-state index contributed by atoms with van der Waals surface area (Å²) in [5.74, 6) is -0.153. The van der Waals surface area contributed by atoms with Gasteiger partial charge in [0.05, 0.1) is 6.61 Å². The van der Waals surface area contributed by atoms with Crippen molar-refractivity contribution in [3.05, 3.63) is 0 Å². The Morgan fingerprint density at radius 3 is 1.58 bits per heavy atom. The molecule has 4 heteroatoms. The fourth-order valence-corrected chi connectivity index (χ4v) is 2.89. The average Bonchev–Trinajstić information content (AvgIpc) is 2.55. The third-order valence-electron chi connectivity index (χ3n) is 4.27. The van der Waals surface area contributed by atoms with Crippen LogP contribution in [0.4, 0.5) is 0 Å². The first-order valence-electron chi connectivity index (χ1n) is 10.0. The normalized spacial score (nSPS) is 10.8. The van der Waals surface area contributed by atoms with E-state index in [0.29, 0.717) is 19.4 Å². The molecule has 0 aromatic carbocycles. The summed E-state index contributed by atoms with van der Waals surface area (Å²) in [6.45, 7) is 2.56. The molecular weight excluding hydrogens is 324 g/mol. The molecule has 0 fully saturated rings. The van der Waals surface area contributed by atoms with Gasteiger partial charge in [-0.25, -0.2) is 0 Å². The highest BCUT2D eigenvalue weighted by Gasteiger charge is 2.03. The molecule has 3 nitrogen and oxygen atoms in total. The third-order valence-corrected chi connectivity index (χ3v) is 4.45. The van der Waals surface area contributed by atoms with Crippen molar-refractivity contribution in [2.75, 3.05) is 6.61 Å². The molecule has 0 heterocycles. The predicted octanol–water partition coefficient (Wildman–Crippen LogP) is 6.56. The van der Waals surface area contributed by atoms with Gasteiger partial charge in [-0.2, -0.15) is 0 Å². The second kappa shape index (κ2) is 18.8. The van der Waals surface area contributed by atoms with Gasteiger partial charge in [0.15, 0.2) is 0 Å². The third kappa shape index (κ3) is 19.5. The molecule has 24 heavy (non-hydrogen) atoms. The minimum absolute atomic E-state index is 0.153. The van der Waals surface area contributed by atoms with Gasteiger partial charge in [0.1, 0.15) is 0 Å². The fourth-order valence-electron chi connectivity index (χ4n) is 2.76. The number of esters is 1. The van der Waals surface area contributed by atoms with Gasteiger partial charge in [0.25, 0.3) is 0 Å². The van der Waals surface area contributed by atoms with Crippen LogP contribution in [0.15, 0.2) is 0 Å². The molecule has 0 radical (unpaired) electrons. The highest BCUT2D eigenvalue weighted by molar-refractivity contribution is 6.63. The first kappa shape index (κ1) is 23.4. The van der Waals surface area contributed by atoms with E-state index in [9.17, 15) is 9.59 Å². The van der Waals surface area contributed by atoms with Crippen LogP contribution in [-0.4, -0.2) is 17.8 Å². The van der Waals surface area contributed by atoms with Crippen LogP contribution in [-0.2, 0) is 14.3 Å². The Labute approximate surface area is 153 Å². The minimum Gasteiger partial charge on any atom is -0.466 e. The first-order valence-corrected chi connectivity index (χ1v) is 10.4. The maximum atomic E-state index is 11.4. The number of carbonyl (C=O) groups is 2. The number of carbonyl (C=O) groups excluding carboxylic acids is 2. The number of hydrogen-bond donors (Lipinski definition) is 0. The Hall–Kier alpha value is -0.570. The van der Waals surface area contributed by atoms with Crippen molar-refractivity contribution in [1.82, 2.24) is 0 Å². The van der Waals surface area contributed by atoms with Gasteiger partial charge in [0, 0.05) is 12.8 Å². The van der Waals surface area contributed by atoms with Crippen molar-refractivity contribution >= 4 is 22.8 Å². The lowest BCUT2D eigenvalue weighted by atomic mass is 10.0. The standard InChI is InChI=1S/C20H37ClO3/c1-2-3-4-5-6-7-8-9-10-11-12-13-14-17-20(23)24-18-15-16-19(21)22/h2-18H2,1H3. The van der Waals surface area contributed by atoms with Crippen LogP contribution >= 0.6 is 11.6 Å². The highest BCUT2D eigenvalue weighted by atomic mass is 35.5. The van der Waals surface area contributed by atoms with Crippen molar-refractivity contribution in [1.29, 1.82) is 0 Å². The zero-order valence-corrected chi connectivity index (χ0v) is 16.4. The number of rotatable bonds is 18. The summed E-state index contributed by atoms with van der Waals surface area (Å²) in [6, 6.07) is 0. The van der Waals surface area contributed by atoms with Gasteiger partial charge < -0.3 is 4.74 Å². The van der Waals surface area contributed by atoms with E-state index in [1.165, 1.54) is 70.6 Å². The Morgan fingerprint density at radius 1 is 0.667 bits per heavy atom. The molecule has 142 valence electrons. The smallest absolute Gasteiger partial charge is 0.305 e. The molecule has 0 aromatic heterocycles. The summed E-state index contributed by atoms with van der Waals surface area (Å²) in [5.41, 5.74) is 0. The van der Waals surface area contributed by atoms with E-state index in [-0.39, 0.29) is 17.6 Å². The molecule has 0 unspecified atom stereocenters. The van der Waals surface area contributed by atoms with Gasteiger partial charge in [0.2, 0.25) is 5.24 Å². The summed E-state index contributed by atoms with van der Waals surface area (Å²) < 4.78 is 5.05. The zero-order chi connectivity index (χ0) is 17.9. The lowest BCUT2D eigenvalue weighted by molar-refractivity contribution is -0.144. The van der Waals surface area contributed by atoms with Gasteiger partial charge >= 0.3 is 5.97 Å². The number of hydrogen-bond acceptors (Lipinski definition) is 3. The van der Waals surface area contributed by atoms with E-state index >= 15 is 0 Å². The molecule has 0 saturated heterocycles. The Balaban J connectivity index is 3.14. The Kier molecular flexibility index (Phi) is 18.3. The lowest BCUT2D eigenvalue weighted by Crippen LogP contribution is -2.06. The van der Waals surface area contributed by atoms with Crippen LogP contribution in [0.25, 0.3) is 0 Å². The Bertz CT molecular complexity index is 305. The van der Waals surface area contributed by atoms with Crippen molar-refractivity contribution in [2.45, 2.75) is 110 Å². The highest BCUT2D eigenvalue weighted by Crippen LogP contribution is 2.13. The maximum Gasteiger partial charge on any atom is 0.305 e. The van der Waals surface area contributed by atoms with Gasteiger partial charge in [-0.3, -0.25) is 9.59 Å². The van der Waals surface area contributed by atoms with Crippen molar-refractivity contribution in [3.8, 4) is 0 Å². The summed E-state index contributed by atoms with van der Waals surface area (Å²) in [7, 11) is 0. The predicted molar refractivity (Wildman–Crippen MR) is 101 cm³/mol. The number of halogens is 1. The molecule has 0 aliphatic carbocycles. The summed E-state index contributed by atoms with van der Waals surface area (Å²) >= 11 is 5.21. The van der Waals surface area contributed by atoms with Crippen molar-refractivity contribution in [2.24, 2.45) is 0 Å². The molecule has 0 aromatic rings. The van der Waals surface area contributed by atoms with E-state index < -0.39 is 0 Å². The second-order valence-corrected chi connectivity index (χ2v) is 7.09. The van der Waals surface area contributed by atoms with Crippen molar-refractivity contribution in [3.63, 3.8) is 0 Å². The molecule has 0 spiro atoms. The largest absolute Gasteiger partial charge is 0.466 e. The van der Waals surface area contributed by atoms with E-state index in [4.69, 9.17) is 16.3 Å². The van der Waals surface area contributed by atoms with Crippen LogP contribution in [0.5, 0.6) is 0 Å². The van der Waals surface area contributed by atoms with E-state index in [0.717, 1.165) is 12.8 Å². The van der Waals surface area contributed by atoms with Crippen LogP contribution < -0.4 is 0 Å². The molecule has 0 aliphatic heterocycles. The van der Waals surface area contributed by atoms with Crippen LogP contribution in [0.1, 0.15) is 110 Å². The maximum absolute atomic E-state index is 11.4. The van der Waals surface area contributed by atoms with Crippen LogP contribution in [0.3, 0.4) is 0 Å². The van der Waals surface area contributed by atoms with E-state index in [1.54, 1.807) is 0 Å². The molecule has 0 rings (SSSR count). The molecule has 0 amide bonds. The molecule has 0 atom stereocenters. The summed E-state index contributed by atoms with van der Waals surface area (Å²) in [5, 5.41) is -0.373. The zero-order valence-electron chi connectivity index (χ0n) is 15.6. The van der Waals surface area contributed by atoms with E-state index in [2.05, 4.69) is 6.92 Å². The minimum atomic E-state index is -0.373. The number of unbranched alkanes of at least 4 members (excludes halogenated alkanes) is 12. The molecular formula is C20H37ClO3. The molecule has 0 aliphatic rings. The molecule has 0 bridgehead atoms. The second-order valence-electron chi connectivity index (χ2n) is 6.67. The van der Waals surface area contributed by atoms with Crippen LogP contribution in [0.2, 0.25) is 0 Å². The summed E-state index contributed by atoms with van der Waals surface area (Å²) in [4.78, 5) is 22.0. The summed E-state index contributed by atoms with van der Waals surface area (Å²) in [6.07, 6.45) is 18.2. The quantitative estimate of drug-likeness (QED) is 0.158. The van der Waals surface area contributed by atoms with Gasteiger partial charge in [-0.05, 0) is 24.4 Å². The topological polar surface area (TPSA) is 43.4 Å². The average molecular weight is 361 g/mol. The SMILES string of the molecule is CCCCCCCCCCCCCCCC(=O)OCCCC(=O)Cl. The fraction of sp³-hybridized carbons (Fsp3) is 0.900. The van der Waals surface area contributed by atoms with Gasteiger partial charge in [-0.15, -0.1) is 0 Å². The molecule has 0 N–H and O–H groups in total. The Morgan fingerprint density at radius 2 is 1.12 bits per heavy atom. The number of ether oxygens (including phenoxy) is 1. The first-order chi connectivity index (χ1) is 11.7. The lowest BCUT2D eigenvalue weighted by Gasteiger charge is -2.04. The van der Waals surface area contributed by atoms with Crippen molar-refractivity contribution < 1.29 is 14.3 Å². The van der Waals surface area contributed by atoms with Crippen LogP contribution in [0, 0.1) is 0 Å². The monoisotopic (exact) mass is 360 g/mol. The molecule has 0 saturated carbocycles.